The summed E-state index contributed by atoms with van der Waals surface area (Å²) in [7, 11) is 0. The number of esters is 1. The molecule has 2 N–H and O–H groups in total. The van der Waals surface area contributed by atoms with E-state index < -0.39 is 11.9 Å². The van der Waals surface area contributed by atoms with Gasteiger partial charge in [-0.3, -0.25) is 14.6 Å². The van der Waals surface area contributed by atoms with E-state index in [0.717, 1.165) is 17.7 Å². The summed E-state index contributed by atoms with van der Waals surface area (Å²) in [6.45, 7) is 2.01. The molecule has 1 amide bonds. The molecule has 0 unspecified atom stereocenters. The van der Waals surface area contributed by atoms with E-state index in [1.165, 1.54) is 12.4 Å². The molecule has 2 aromatic rings. The molecule has 0 radical (unpaired) electrons. The molecule has 7 nitrogen and oxygen atoms in total. The van der Waals surface area contributed by atoms with Crippen LogP contribution in [-0.2, 0) is 20.7 Å². The maximum absolute atomic E-state index is 12.5. The maximum atomic E-state index is 12.5. The molecule has 1 heterocycles. The van der Waals surface area contributed by atoms with Crippen LogP contribution in [0.3, 0.4) is 0 Å². The third-order valence-corrected chi connectivity index (χ3v) is 5.44. The number of anilines is 1. The zero-order valence-corrected chi connectivity index (χ0v) is 19.0. The predicted molar refractivity (Wildman–Crippen MR) is 123 cm³/mol. The number of aromatic nitrogens is 1. The average Bonchev–Trinajstić information content (AvgIpc) is 2.75. The summed E-state index contributed by atoms with van der Waals surface area (Å²) in [6, 6.07) is 6.44. The fourth-order valence-corrected chi connectivity index (χ4v) is 3.88. The molecule has 9 heteroatoms. The van der Waals surface area contributed by atoms with Crippen LogP contribution in [0.1, 0.15) is 42.1 Å². The second-order valence-corrected chi connectivity index (χ2v) is 8.09. The van der Waals surface area contributed by atoms with Gasteiger partial charge in [0.15, 0.2) is 5.78 Å². The SMILES string of the molecule is CCOC(=O)[C@H](Cc1ccc(NC(=O)c2c(Cl)cncc2Cl)cc1)NC1=CC(=O)CCC1. The van der Waals surface area contributed by atoms with Crippen molar-refractivity contribution in [2.24, 2.45) is 0 Å². The topological polar surface area (TPSA) is 97.4 Å². The van der Waals surface area contributed by atoms with Gasteiger partial charge in [-0.15, -0.1) is 0 Å². The van der Waals surface area contributed by atoms with Crippen molar-refractivity contribution in [2.75, 3.05) is 11.9 Å². The molecule has 1 atom stereocenters. The van der Waals surface area contributed by atoms with Crippen LogP contribution in [0.4, 0.5) is 5.69 Å². The van der Waals surface area contributed by atoms with Crippen LogP contribution in [0.5, 0.6) is 0 Å². The van der Waals surface area contributed by atoms with Crippen LogP contribution in [0.15, 0.2) is 48.4 Å². The largest absolute Gasteiger partial charge is 0.464 e. The Hall–Kier alpha value is -2.90. The third kappa shape index (κ3) is 6.31. The Morgan fingerprint density at radius 2 is 1.81 bits per heavy atom. The molecule has 168 valence electrons. The van der Waals surface area contributed by atoms with E-state index in [4.69, 9.17) is 27.9 Å². The van der Waals surface area contributed by atoms with Gasteiger partial charge in [0, 0.05) is 42.7 Å². The van der Waals surface area contributed by atoms with E-state index in [1.807, 2.05) is 0 Å². The number of nitrogens with one attached hydrogen (secondary N) is 2. The number of hydrogen-bond donors (Lipinski definition) is 2. The monoisotopic (exact) mass is 475 g/mol. The second-order valence-electron chi connectivity index (χ2n) is 7.27. The lowest BCUT2D eigenvalue weighted by atomic mass is 10.0. The number of rotatable bonds is 8. The first-order chi connectivity index (χ1) is 15.4. The lowest BCUT2D eigenvalue weighted by Crippen LogP contribution is -2.40. The summed E-state index contributed by atoms with van der Waals surface area (Å²) in [4.78, 5) is 40.5. The standard InChI is InChI=1S/C23H23Cl2N3O4/c1-2-32-23(31)20(27-16-4-3-5-17(29)11-16)10-14-6-8-15(9-7-14)28-22(30)21-18(24)12-26-13-19(21)25/h6-9,11-13,20,27H,2-5,10H2,1H3,(H,28,30)/t20-/m0/s1. The fraction of sp³-hybridized carbons (Fsp3) is 0.304. The Labute approximate surface area is 196 Å². The molecule has 0 fully saturated rings. The molecular formula is C23H23Cl2N3O4. The highest BCUT2D eigenvalue weighted by molar-refractivity contribution is 6.40. The molecule has 32 heavy (non-hydrogen) atoms. The van der Waals surface area contributed by atoms with E-state index in [9.17, 15) is 14.4 Å². The van der Waals surface area contributed by atoms with E-state index in [0.29, 0.717) is 24.9 Å². The third-order valence-electron chi connectivity index (χ3n) is 4.87. The van der Waals surface area contributed by atoms with E-state index in [2.05, 4.69) is 15.6 Å². The quantitative estimate of drug-likeness (QED) is 0.551. The number of benzene rings is 1. The van der Waals surface area contributed by atoms with Crippen LogP contribution in [0, 0.1) is 0 Å². The Morgan fingerprint density at radius 1 is 1.12 bits per heavy atom. The number of carbonyl (C=O) groups is 3. The van der Waals surface area contributed by atoms with Gasteiger partial charge in [-0.2, -0.15) is 0 Å². The molecule has 3 rings (SSSR count). The number of hydrogen-bond acceptors (Lipinski definition) is 6. The number of carbonyl (C=O) groups excluding carboxylic acids is 3. The van der Waals surface area contributed by atoms with Gasteiger partial charge in [0.25, 0.3) is 5.91 Å². The van der Waals surface area contributed by atoms with Crippen molar-refractivity contribution in [3.05, 3.63) is 69.6 Å². The van der Waals surface area contributed by atoms with Crippen molar-refractivity contribution in [1.82, 2.24) is 10.3 Å². The first-order valence-corrected chi connectivity index (χ1v) is 11.0. The van der Waals surface area contributed by atoms with Crippen LogP contribution in [0.2, 0.25) is 10.0 Å². The van der Waals surface area contributed by atoms with Gasteiger partial charge >= 0.3 is 5.97 Å². The van der Waals surface area contributed by atoms with E-state index >= 15 is 0 Å². The average molecular weight is 476 g/mol. The molecule has 0 saturated carbocycles. The number of nitrogens with zero attached hydrogens (tertiary/aromatic N) is 1. The van der Waals surface area contributed by atoms with Crippen molar-refractivity contribution < 1.29 is 19.1 Å². The second kappa shape index (κ2) is 11.1. The van der Waals surface area contributed by atoms with Crippen molar-refractivity contribution in [1.29, 1.82) is 0 Å². The minimum Gasteiger partial charge on any atom is -0.464 e. The maximum Gasteiger partial charge on any atom is 0.328 e. The molecule has 1 aliphatic rings. The van der Waals surface area contributed by atoms with Crippen LogP contribution >= 0.6 is 23.2 Å². The normalized spacial score (nSPS) is 14.3. The molecular weight excluding hydrogens is 453 g/mol. The number of amides is 1. The highest BCUT2D eigenvalue weighted by Crippen LogP contribution is 2.24. The number of ether oxygens (including phenoxy) is 1. The number of pyridine rings is 1. The van der Waals surface area contributed by atoms with Crippen molar-refractivity contribution in [3.63, 3.8) is 0 Å². The Kier molecular flexibility index (Phi) is 8.25. The van der Waals surface area contributed by atoms with Crippen LogP contribution < -0.4 is 10.6 Å². The summed E-state index contributed by atoms with van der Waals surface area (Å²) in [6.07, 6.45) is 6.62. The number of allylic oxidation sites excluding steroid dienone is 2. The smallest absolute Gasteiger partial charge is 0.328 e. The Balaban J connectivity index is 1.69. The van der Waals surface area contributed by atoms with Gasteiger partial charge in [0.1, 0.15) is 6.04 Å². The van der Waals surface area contributed by atoms with Gasteiger partial charge in [-0.05, 0) is 37.5 Å². The Morgan fingerprint density at radius 3 is 2.44 bits per heavy atom. The van der Waals surface area contributed by atoms with Gasteiger partial charge in [-0.1, -0.05) is 35.3 Å². The molecule has 1 aromatic heterocycles. The molecule has 0 bridgehead atoms. The first-order valence-electron chi connectivity index (χ1n) is 10.2. The summed E-state index contributed by atoms with van der Waals surface area (Å²) in [5.74, 6) is -0.781. The lowest BCUT2D eigenvalue weighted by molar-refractivity contribution is -0.145. The highest BCUT2D eigenvalue weighted by atomic mass is 35.5. The van der Waals surface area contributed by atoms with Crippen molar-refractivity contribution in [2.45, 2.75) is 38.6 Å². The number of halogens is 2. The van der Waals surface area contributed by atoms with Gasteiger partial charge in [-0.25, -0.2) is 4.79 Å². The fourth-order valence-electron chi connectivity index (χ4n) is 3.35. The first kappa shape index (κ1) is 23.8. The summed E-state index contributed by atoms with van der Waals surface area (Å²) >= 11 is 12.1. The summed E-state index contributed by atoms with van der Waals surface area (Å²) < 4.78 is 5.19. The van der Waals surface area contributed by atoms with Crippen LogP contribution in [0.25, 0.3) is 0 Å². The van der Waals surface area contributed by atoms with Gasteiger partial charge in [0.05, 0.1) is 22.2 Å². The zero-order valence-electron chi connectivity index (χ0n) is 17.5. The molecule has 1 aromatic carbocycles. The predicted octanol–water partition coefficient (Wildman–Crippen LogP) is 4.34. The molecule has 0 saturated heterocycles. The summed E-state index contributed by atoms with van der Waals surface area (Å²) in [5.41, 5.74) is 2.30. The summed E-state index contributed by atoms with van der Waals surface area (Å²) in [5, 5.41) is 6.22. The van der Waals surface area contributed by atoms with E-state index in [1.54, 1.807) is 37.3 Å². The molecule has 1 aliphatic carbocycles. The van der Waals surface area contributed by atoms with E-state index in [-0.39, 0.29) is 34.0 Å². The number of ketones is 1. The van der Waals surface area contributed by atoms with Gasteiger partial charge < -0.3 is 15.4 Å². The lowest BCUT2D eigenvalue weighted by Gasteiger charge is -2.22. The highest BCUT2D eigenvalue weighted by Gasteiger charge is 2.23. The van der Waals surface area contributed by atoms with Crippen molar-refractivity contribution in [3.8, 4) is 0 Å². The molecule has 0 spiro atoms. The van der Waals surface area contributed by atoms with Crippen LogP contribution in [-0.4, -0.2) is 35.3 Å². The minimum absolute atomic E-state index is 0.0517. The Bertz CT molecular complexity index is 1020. The zero-order chi connectivity index (χ0) is 23.1. The van der Waals surface area contributed by atoms with Crippen molar-refractivity contribution >= 4 is 46.5 Å². The minimum atomic E-state index is -0.623. The van der Waals surface area contributed by atoms with Gasteiger partial charge in [0.2, 0.25) is 0 Å². The molecule has 0 aliphatic heterocycles.